The molecule has 0 saturated carbocycles. The van der Waals surface area contributed by atoms with Gasteiger partial charge in [0.2, 0.25) is 19.7 Å². The molecular weight excluding hydrogens is 613 g/mol. The van der Waals surface area contributed by atoms with Crippen molar-refractivity contribution in [2.45, 2.75) is 71.5 Å². The third kappa shape index (κ3) is 9.73. The van der Waals surface area contributed by atoms with E-state index in [1.165, 1.54) is 36.4 Å². The zero-order valence-electron chi connectivity index (χ0n) is 25.4. The topological polar surface area (TPSA) is 116 Å². The summed E-state index contributed by atoms with van der Waals surface area (Å²) < 4.78 is 68.5. The second kappa shape index (κ2) is 16.3. The van der Waals surface area contributed by atoms with Gasteiger partial charge in [-0.3, -0.25) is 0 Å². The number of rotatable bonds is 18. The minimum atomic E-state index is -3.65. The summed E-state index contributed by atoms with van der Waals surface area (Å²) in [5, 5.41) is 9.39. The fraction of sp³-hybridized carbons (Fsp3) is 0.314. The molecule has 8 nitrogen and oxygen atoms in total. The van der Waals surface area contributed by atoms with Crippen LogP contribution >= 0.6 is 0 Å². The molecule has 0 aliphatic heterocycles. The van der Waals surface area contributed by atoms with E-state index in [-0.39, 0.29) is 25.3 Å². The Balaban J connectivity index is 1.08. The molecule has 0 aliphatic rings. The Bertz CT molecular complexity index is 1680. The van der Waals surface area contributed by atoms with Crippen molar-refractivity contribution in [1.29, 1.82) is 0 Å². The van der Waals surface area contributed by atoms with Gasteiger partial charge in [-0.05, 0) is 116 Å². The first kappa shape index (κ1) is 33.9. The number of phenolic OH excluding ortho intramolecular Hbond substituents is 1. The van der Waals surface area contributed by atoms with E-state index in [1.54, 1.807) is 60.7 Å². The van der Waals surface area contributed by atoms with Crippen molar-refractivity contribution in [3.05, 3.63) is 97.1 Å². The van der Waals surface area contributed by atoms with E-state index in [2.05, 4.69) is 0 Å². The monoisotopic (exact) mass is 652 g/mol. The van der Waals surface area contributed by atoms with Crippen molar-refractivity contribution >= 4 is 19.7 Å². The number of ether oxygens (including phenoxy) is 3. The molecular formula is C35H40O8S2. The first-order chi connectivity index (χ1) is 21.7. The van der Waals surface area contributed by atoms with Crippen LogP contribution in [0.4, 0.5) is 0 Å². The van der Waals surface area contributed by atoms with Crippen LogP contribution in [0, 0.1) is 0 Å². The van der Waals surface area contributed by atoms with Crippen LogP contribution in [0.3, 0.4) is 0 Å². The minimum Gasteiger partial charge on any atom is -0.508 e. The van der Waals surface area contributed by atoms with Crippen molar-refractivity contribution in [2.75, 3.05) is 19.8 Å². The van der Waals surface area contributed by atoms with E-state index >= 15 is 0 Å². The second-order valence-corrected chi connectivity index (χ2v) is 14.5. The first-order valence-corrected chi connectivity index (χ1v) is 18.1. The van der Waals surface area contributed by atoms with E-state index in [9.17, 15) is 21.9 Å². The molecule has 0 amide bonds. The Labute approximate surface area is 266 Å². The van der Waals surface area contributed by atoms with Gasteiger partial charge in [0.1, 0.15) is 23.0 Å². The average molecular weight is 653 g/mol. The zero-order chi connectivity index (χ0) is 32.1. The summed E-state index contributed by atoms with van der Waals surface area (Å²) >= 11 is 0. The van der Waals surface area contributed by atoms with Crippen LogP contribution in [0.2, 0.25) is 0 Å². The highest BCUT2D eigenvalue weighted by Gasteiger charge is 2.18. The standard InChI is InChI=1S/C35H40O8S2/c1-2-25-41-29-11-19-34(20-12-29)45(39,40)35-23-15-31(16-24-35)43-27-8-6-4-3-5-7-26-42-30-13-21-33(22-14-30)44(37,38)32-17-9-28(36)10-18-32/h9-24,36H,2-8,25-27H2,1H3. The summed E-state index contributed by atoms with van der Waals surface area (Å²) in [6.45, 7) is 3.72. The molecule has 10 heteroatoms. The van der Waals surface area contributed by atoms with Crippen molar-refractivity contribution in [2.24, 2.45) is 0 Å². The summed E-state index contributed by atoms with van der Waals surface area (Å²) in [5.74, 6) is 1.92. The lowest BCUT2D eigenvalue weighted by atomic mass is 10.1. The van der Waals surface area contributed by atoms with Gasteiger partial charge in [-0.1, -0.05) is 32.6 Å². The van der Waals surface area contributed by atoms with Gasteiger partial charge in [0.05, 0.1) is 39.4 Å². The van der Waals surface area contributed by atoms with Crippen molar-refractivity contribution in [3.63, 3.8) is 0 Å². The Hall–Kier alpha value is -4.02. The summed E-state index contributed by atoms with van der Waals surface area (Å²) in [4.78, 5) is 0.738. The van der Waals surface area contributed by atoms with Gasteiger partial charge in [0.25, 0.3) is 0 Å². The largest absolute Gasteiger partial charge is 0.508 e. The zero-order valence-corrected chi connectivity index (χ0v) is 27.1. The molecule has 0 radical (unpaired) electrons. The van der Waals surface area contributed by atoms with Crippen molar-refractivity contribution < 1.29 is 36.2 Å². The van der Waals surface area contributed by atoms with Crippen LogP contribution in [0.25, 0.3) is 0 Å². The molecule has 1 N–H and O–H groups in total. The summed E-state index contributed by atoms with van der Waals surface area (Å²) in [7, 11) is -7.27. The number of benzene rings is 4. The maximum Gasteiger partial charge on any atom is 0.206 e. The van der Waals surface area contributed by atoms with Crippen molar-refractivity contribution in [1.82, 2.24) is 0 Å². The number of aromatic hydroxyl groups is 1. The lowest BCUT2D eigenvalue weighted by molar-refractivity contribution is 0.297. The third-order valence-electron chi connectivity index (χ3n) is 7.10. The van der Waals surface area contributed by atoms with Crippen LogP contribution in [0.1, 0.15) is 51.9 Å². The molecule has 240 valence electrons. The molecule has 0 saturated heterocycles. The van der Waals surface area contributed by atoms with Crippen molar-refractivity contribution in [3.8, 4) is 23.0 Å². The Morgan fingerprint density at radius 1 is 0.444 bits per heavy atom. The molecule has 0 unspecified atom stereocenters. The van der Waals surface area contributed by atoms with Gasteiger partial charge in [-0.15, -0.1) is 0 Å². The molecule has 4 aromatic rings. The maximum absolute atomic E-state index is 13.0. The highest BCUT2D eigenvalue weighted by atomic mass is 32.2. The first-order valence-electron chi connectivity index (χ1n) is 15.2. The lowest BCUT2D eigenvalue weighted by Crippen LogP contribution is -2.03. The van der Waals surface area contributed by atoms with E-state index in [0.29, 0.717) is 37.1 Å². The Morgan fingerprint density at radius 2 is 0.733 bits per heavy atom. The fourth-order valence-corrected chi connectivity index (χ4v) is 7.08. The molecule has 45 heavy (non-hydrogen) atoms. The third-order valence-corrected chi connectivity index (χ3v) is 10.7. The summed E-state index contributed by atoms with van der Waals surface area (Å²) in [5.41, 5.74) is 0. The van der Waals surface area contributed by atoms with E-state index in [0.717, 1.165) is 44.9 Å². The van der Waals surface area contributed by atoms with Gasteiger partial charge >= 0.3 is 0 Å². The predicted molar refractivity (Wildman–Crippen MR) is 173 cm³/mol. The van der Waals surface area contributed by atoms with Crippen LogP contribution in [0.15, 0.2) is 117 Å². The number of hydrogen-bond donors (Lipinski definition) is 1. The van der Waals surface area contributed by atoms with Crippen LogP contribution < -0.4 is 14.2 Å². The molecule has 0 aliphatic carbocycles. The van der Waals surface area contributed by atoms with Gasteiger partial charge in [0, 0.05) is 0 Å². The molecule has 0 fully saturated rings. The van der Waals surface area contributed by atoms with E-state index in [4.69, 9.17) is 14.2 Å². The quantitative estimate of drug-likeness (QED) is 0.109. The van der Waals surface area contributed by atoms with Crippen LogP contribution in [0.5, 0.6) is 23.0 Å². The lowest BCUT2D eigenvalue weighted by Gasteiger charge is -2.09. The van der Waals surface area contributed by atoms with Gasteiger partial charge < -0.3 is 19.3 Å². The number of unbranched alkanes of at least 4 members (excludes halogenated alkanes) is 5. The Kier molecular flexibility index (Phi) is 12.3. The predicted octanol–water partition coefficient (Wildman–Crippen LogP) is 7.65. The molecule has 0 spiro atoms. The summed E-state index contributed by atoms with van der Waals surface area (Å²) in [6, 6.07) is 24.8. The van der Waals surface area contributed by atoms with E-state index in [1.807, 2.05) is 6.92 Å². The minimum absolute atomic E-state index is 0.0130. The van der Waals surface area contributed by atoms with Gasteiger partial charge in [-0.2, -0.15) is 0 Å². The smallest absolute Gasteiger partial charge is 0.206 e. The maximum atomic E-state index is 13.0. The van der Waals surface area contributed by atoms with Gasteiger partial charge in [-0.25, -0.2) is 16.8 Å². The van der Waals surface area contributed by atoms with Crippen LogP contribution in [-0.2, 0) is 19.7 Å². The normalized spacial score (nSPS) is 11.7. The molecule has 0 heterocycles. The number of hydrogen-bond acceptors (Lipinski definition) is 8. The highest BCUT2D eigenvalue weighted by molar-refractivity contribution is 7.91. The fourth-order valence-electron chi connectivity index (χ4n) is 4.55. The number of phenols is 1. The molecule has 0 bridgehead atoms. The molecule has 0 atom stereocenters. The number of sulfone groups is 2. The molecule has 0 aromatic heterocycles. The molecule has 4 rings (SSSR count). The second-order valence-electron chi connectivity index (χ2n) is 10.6. The van der Waals surface area contributed by atoms with E-state index < -0.39 is 19.7 Å². The average Bonchev–Trinajstić information content (AvgIpc) is 3.05. The SMILES string of the molecule is CCCOc1ccc(S(=O)(=O)c2ccc(OCCCCCCCCOc3ccc(S(=O)(=O)c4ccc(O)cc4)cc3)cc2)cc1. The van der Waals surface area contributed by atoms with Crippen LogP contribution in [-0.4, -0.2) is 41.8 Å². The molecule has 4 aromatic carbocycles. The van der Waals surface area contributed by atoms with Gasteiger partial charge in [0.15, 0.2) is 0 Å². The summed E-state index contributed by atoms with van der Waals surface area (Å²) in [6.07, 6.45) is 6.89. The highest BCUT2D eigenvalue weighted by Crippen LogP contribution is 2.26. The Morgan fingerprint density at radius 3 is 1.07 bits per heavy atom.